The summed E-state index contributed by atoms with van der Waals surface area (Å²) < 4.78 is 22.4. The van der Waals surface area contributed by atoms with Crippen molar-refractivity contribution in [3.63, 3.8) is 0 Å². The molecule has 1 aliphatic carbocycles. The molecule has 0 N–H and O–H groups in total. The zero-order chi connectivity index (χ0) is 31.2. The van der Waals surface area contributed by atoms with Crippen LogP contribution in [0, 0.1) is 17.7 Å². The number of aromatic nitrogens is 2. The van der Waals surface area contributed by atoms with Gasteiger partial charge < -0.3 is 9.30 Å². The highest BCUT2D eigenvalue weighted by molar-refractivity contribution is 5.96. The van der Waals surface area contributed by atoms with Crippen molar-refractivity contribution in [1.82, 2.24) is 9.55 Å². The molecule has 5 aromatic rings. The van der Waals surface area contributed by atoms with Crippen LogP contribution in [-0.2, 0) is 19.9 Å². The second-order valence-corrected chi connectivity index (χ2v) is 11.5. The predicted molar refractivity (Wildman–Crippen MR) is 174 cm³/mol. The first-order valence-corrected chi connectivity index (χ1v) is 15.3. The fraction of sp³-hybridized carbons (Fsp3) is 0.205. The van der Waals surface area contributed by atoms with Gasteiger partial charge in [0.15, 0.2) is 5.78 Å². The molecule has 226 valence electrons. The molecule has 4 aromatic carbocycles. The summed E-state index contributed by atoms with van der Waals surface area (Å²) >= 11 is 0. The first kappa shape index (κ1) is 29.9. The third kappa shape index (κ3) is 5.88. The van der Waals surface area contributed by atoms with E-state index < -0.39 is 11.4 Å². The Bertz CT molecular complexity index is 1690. The van der Waals surface area contributed by atoms with Gasteiger partial charge in [0, 0.05) is 23.2 Å². The largest absolute Gasteiger partial charge is 0.469 e. The van der Waals surface area contributed by atoms with Gasteiger partial charge in [0.25, 0.3) is 0 Å². The number of esters is 1. The third-order valence-electron chi connectivity index (χ3n) is 8.95. The molecule has 45 heavy (non-hydrogen) atoms. The number of halogens is 1. The van der Waals surface area contributed by atoms with E-state index in [2.05, 4.69) is 41.0 Å². The molecule has 6 rings (SSSR count). The molecule has 0 unspecified atom stereocenters. The number of imidazole rings is 1. The number of hydrogen-bond donors (Lipinski definition) is 0. The highest BCUT2D eigenvalue weighted by Gasteiger charge is 2.38. The number of nitrogens with zero attached hydrogens (tertiary/aromatic N) is 2. The maximum absolute atomic E-state index is 15.4. The molecular formula is C39H35FN2O3. The summed E-state index contributed by atoms with van der Waals surface area (Å²) in [4.78, 5) is 29.9. The molecule has 5 nitrogen and oxygen atoms in total. The summed E-state index contributed by atoms with van der Waals surface area (Å²) in [6.45, 7) is 0. The van der Waals surface area contributed by atoms with Gasteiger partial charge in [0.1, 0.15) is 11.4 Å². The van der Waals surface area contributed by atoms with Gasteiger partial charge in [-0.3, -0.25) is 9.59 Å². The van der Waals surface area contributed by atoms with Gasteiger partial charge in [-0.25, -0.2) is 9.37 Å². The number of carbonyl (C=O) groups excluding carboxylic acids is 2. The van der Waals surface area contributed by atoms with Gasteiger partial charge >= 0.3 is 5.97 Å². The number of hydrogen-bond acceptors (Lipinski definition) is 4. The van der Waals surface area contributed by atoms with Crippen molar-refractivity contribution in [2.45, 2.75) is 31.2 Å². The lowest BCUT2D eigenvalue weighted by Gasteiger charge is -2.37. The average molecular weight is 599 g/mol. The van der Waals surface area contributed by atoms with Gasteiger partial charge in [-0.2, -0.15) is 0 Å². The fourth-order valence-electron chi connectivity index (χ4n) is 6.64. The Morgan fingerprint density at radius 2 is 1.31 bits per heavy atom. The van der Waals surface area contributed by atoms with Crippen molar-refractivity contribution in [2.75, 3.05) is 7.11 Å². The zero-order valence-electron chi connectivity index (χ0n) is 25.2. The summed E-state index contributed by atoms with van der Waals surface area (Å²) in [5.74, 6) is -1.07. The maximum atomic E-state index is 15.4. The molecule has 0 bridgehead atoms. The quantitative estimate of drug-likeness (QED) is 0.0978. The van der Waals surface area contributed by atoms with Gasteiger partial charge in [-0.05, 0) is 60.6 Å². The molecule has 0 atom stereocenters. The summed E-state index contributed by atoms with van der Waals surface area (Å²) in [5.41, 5.74) is 3.90. The molecule has 0 saturated heterocycles. The Morgan fingerprint density at radius 3 is 1.84 bits per heavy atom. The van der Waals surface area contributed by atoms with Crippen LogP contribution in [0.3, 0.4) is 0 Å². The number of allylic oxidation sites excluding steroid dienone is 1. The molecule has 6 heteroatoms. The van der Waals surface area contributed by atoms with Crippen LogP contribution in [-0.4, -0.2) is 28.4 Å². The summed E-state index contributed by atoms with van der Waals surface area (Å²) in [7, 11) is 1.39. The topological polar surface area (TPSA) is 61.2 Å². The number of ketones is 1. The molecule has 1 aromatic heterocycles. The minimum atomic E-state index is -0.753. The fourth-order valence-corrected chi connectivity index (χ4v) is 6.64. The summed E-state index contributed by atoms with van der Waals surface area (Å²) in [6.07, 6.45) is 9.24. The van der Waals surface area contributed by atoms with Crippen molar-refractivity contribution in [3.8, 4) is 11.3 Å². The Balaban J connectivity index is 1.39. The summed E-state index contributed by atoms with van der Waals surface area (Å²) in [6, 6.07) is 35.7. The monoisotopic (exact) mass is 598 g/mol. The van der Waals surface area contributed by atoms with E-state index in [-0.39, 0.29) is 23.6 Å². The molecule has 1 saturated carbocycles. The minimum Gasteiger partial charge on any atom is -0.469 e. The molecule has 1 heterocycles. The van der Waals surface area contributed by atoms with E-state index in [4.69, 9.17) is 9.72 Å². The standard InChI is InChI=1S/C39H35FN2O3/c1-45-38(44)29-22-20-28(21-23-29)37(43)25-24-33-34(18-11-19-35(33)40)36-26-42(27-41-36)39(30-12-5-2-6-13-30,31-14-7-3-8-15-31)32-16-9-4-10-17-32/h2-19,24-29H,20-23H2,1H3/b25-24+. The van der Waals surface area contributed by atoms with E-state index in [0.717, 1.165) is 16.7 Å². The minimum absolute atomic E-state index is 0.0608. The number of methoxy groups -OCH3 is 1. The van der Waals surface area contributed by atoms with Crippen LogP contribution in [0.4, 0.5) is 4.39 Å². The lowest BCUT2D eigenvalue weighted by molar-refractivity contribution is -0.147. The van der Waals surface area contributed by atoms with Crippen molar-refractivity contribution in [1.29, 1.82) is 0 Å². The molecule has 0 spiro atoms. The number of rotatable bonds is 9. The molecule has 0 aliphatic heterocycles. The maximum Gasteiger partial charge on any atom is 0.308 e. The Labute approximate surface area is 263 Å². The highest BCUT2D eigenvalue weighted by Crippen LogP contribution is 2.42. The Morgan fingerprint density at radius 1 is 0.778 bits per heavy atom. The van der Waals surface area contributed by atoms with Gasteiger partial charge in [-0.15, -0.1) is 0 Å². The highest BCUT2D eigenvalue weighted by atomic mass is 19.1. The second-order valence-electron chi connectivity index (χ2n) is 11.5. The van der Waals surface area contributed by atoms with E-state index in [9.17, 15) is 9.59 Å². The first-order valence-electron chi connectivity index (χ1n) is 15.3. The zero-order valence-corrected chi connectivity index (χ0v) is 25.2. The first-order chi connectivity index (χ1) is 22.0. The average Bonchev–Trinajstić information content (AvgIpc) is 3.59. The van der Waals surface area contributed by atoms with Gasteiger partial charge in [-0.1, -0.05) is 103 Å². The molecule has 1 fully saturated rings. The Hall–Kier alpha value is -5.10. The Kier molecular flexibility index (Phi) is 8.83. The number of carbonyl (C=O) groups is 2. The second kappa shape index (κ2) is 13.3. The van der Waals surface area contributed by atoms with E-state index in [1.54, 1.807) is 18.5 Å². The van der Waals surface area contributed by atoms with Crippen LogP contribution >= 0.6 is 0 Å². The summed E-state index contributed by atoms with van der Waals surface area (Å²) in [5, 5.41) is 0. The van der Waals surface area contributed by atoms with Crippen molar-refractivity contribution >= 4 is 17.8 Å². The van der Waals surface area contributed by atoms with Crippen LogP contribution in [0.5, 0.6) is 0 Å². The SMILES string of the molecule is COC(=O)C1CCC(C(=O)/C=C/c2c(F)cccc2-c2cn(C(c3ccccc3)(c3ccccc3)c3ccccc3)cn2)CC1. The lowest BCUT2D eigenvalue weighted by Crippen LogP contribution is -2.36. The van der Waals surface area contributed by atoms with Crippen LogP contribution in [0.15, 0.2) is 128 Å². The van der Waals surface area contributed by atoms with E-state index >= 15 is 4.39 Å². The van der Waals surface area contributed by atoms with Crippen LogP contribution < -0.4 is 0 Å². The molecule has 0 radical (unpaired) electrons. The van der Waals surface area contributed by atoms with Crippen LogP contribution in [0.1, 0.15) is 47.9 Å². The normalized spacial score (nSPS) is 16.8. The van der Waals surface area contributed by atoms with Crippen molar-refractivity contribution in [3.05, 3.63) is 156 Å². The van der Waals surface area contributed by atoms with Crippen LogP contribution in [0.2, 0.25) is 0 Å². The third-order valence-corrected chi connectivity index (χ3v) is 8.95. The van der Waals surface area contributed by atoms with E-state index in [1.807, 2.05) is 66.9 Å². The van der Waals surface area contributed by atoms with Crippen molar-refractivity contribution < 1.29 is 18.7 Å². The predicted octanol–water partition coefficient (Wildman–Crippen LogP) is 8.09. The molecule has 0 amide bonds. The van der Waals surface area contributed by atoms with E-state index in [0.29, 0.717) is 42.5 Å². The smallest absolute Gasteiger partial charge is 0.308 e. The lowest BCUT2D eigenvalue weighted by atomic mass is 9.77. The molecule has 1 aliphatic rings. The van der Waals surface area contributed by atoms with E-state index in [1.165, 1.54) is 19.3 Å². The van der Waals surface area contributed by atoms with Crippen LogP contribution in [0.25, 0.3) is 17.3 Å². The number of benzene rings is 4. The van der Waals surface area contributed by atoms with Gasteiger partial charge in [0.2, 0.25) is 0 Å². The number of ether oxygens (including phenoxy) is 1. The van der Waals surface area contributed by atoms with Crippen molar-refractivity contribution in [2.24, 2.45) is 11.8 Å². The molecular weight excluding hydrogens is 563 g/mol. The van der Waals surface area contributed by atoms with Gasteiger partial charge in [0.05, 0.1) is 25.0 Å².